The standard InChI is InChI=1S/C14H24N4/c1-14(15-2)5-7-17(8-6-14)10-13-9-16-11-18(13)12-3-4-12/h9,11-12,15H,3-8,10H2,1-2H3. The molecule has 4 heteroatoms. The second-order valence-corrected chi connectivity index (χ2v) is 6.11. The summed E-state index contributed by atoms with van der Waals surface area (Å²) in [6.45, 7) is 5.77. The molecule has 0 radical (unpaired) electrons. The number of aromatic nitrogens is 2. The van der Waals surface area contributed by atoms with Crippen LogP contribution in [0.5, 0.6) is 0 Å². The molecule has 2 fully saturated rings. The largest absolute Gasteiger partial charge is 0.330 e. The van der Waals surface area contributed by atoms with Crippen LogP contribution in [0, 0.1) is 0 Å². The molecule has 1 aromatic heterocycles. The Morgan fingerprint density at radius 3 is 2.72 bits per heavy atom. The van der Waals surface area contributed by atoms with E-state index in [1.807, 2.05) is 12.5 Å². The van der Waals surface area contributed by atoms with Crippen molar-refractivity contribution in [1.82, 2.24) is 19.8 Å². The van der Waals surface area contributed by atoms with Gasteiger partial charge in [0, 0.05) is 37.4 Å². The molecule has 1 saturated heterocycles. The highest BCUT2D eigenvalue weighted by Crippen LogP contribution is 2.36. The molecular weight excluding hydrogens is 224 g/mol. The van der Waals surface area contributed by atoms with Crippen LogP contribution in [0.3, 0.4) is 0 Å². The normalized spacial score (nSPS) is 24.3. The van der Waals surface area contributed by atoms with Crippen LogP contribution in [0.15, 0.2) is 12.5 Å². The third-order valence-corrected chi connectivity index (χ3v) is 4.64. The van der Waals surface area contributed by atoms with Gasteiger partial charge in [-0.3, -0.25) is 4.90 Å². The highest BCUT2D eigenvalue weighted by Gasteiger charge is 2.30. The molecule has 1 aliphatic heterocycles. The van der Waals surface area contributed by atoms with E-state index >= 15 is 0 Å². The van der Waals surface area contributed by atoms with Crippen LogP contribution in [-0.4, -0.2) is 40.1 Å². The van der Waals surface area contributed by atoms with Gasteiger partial charge < -0.3 is 9.88 Å². The van der Waals surface area contributed by atoms with Gasteiger partial charge >= 0.3 is 0 Å². The van der Waals surface area contributed by atoms with Crippen molar-refractivity contribution in [2.75, 3.05) is 20.1 Å². The molecule has 1 N–H and O–H groups in total. The van der Waals surface area contributed by atoms with E-state index in [9.17, 15) is 0 Å². The maximum Gasteiger partial charge on any atom is 0.0951 e. The van der Waals surface area contributed by atoms with Gasteiger partial charge in [-0.2, -0.15) is 0 Å². The van der Waals surface area contributed by atoms with Crippen LogP contribution in [0.2, 0.25) is 0 Å². The molecule has 1 saturated carbocycles. The third-order valence-electron chi connectivity index (χ3n) is 4.64. The smallest absolute Gasteiger partial charge is 0.0951 e. The zero-order valence-electron chi connectivity index (χ0n) is 11.5. The summed E-state index contributed by atoms with van der Waals surface area (Å²) in [5, 5.41) is 3.46. The zero-order chi connectivity index (χ0) is 12.6. The maximum atomic E-state index is 4.32. The van der Waals surface area contributed by atoms with E-state index < -0.39 is 0 Å². The molecule has 100 valence electrons. The highest BCUT2D eigenvalue weighted by atomic mass is 15.2. The molecule has 3 rings (SSSR count). The van der Waals surface area contributed by atoms with Gasteiger partial charge in [0.1, 0.15) is 0 Å². The van der Waals surface area contributed by atoms with Gasteiger partial charge in [-0.25, -0.2) is 4.98 Å². The van der Waals surface area contributed by atoms with Crippen LogP contribution in [0.25, 0.3) is 0 Å². The van der Waals surface area contributed by atoms with E-state index in [4.69, 9.17) is 0 Å². The van der Waals surface area contributed by atoms with Gasteiger partial charge in [-0.05, 0) is 39.7 Å². The van der Waals surface area contributed by atoms with Crippen molar-refractivity contribution < 1.29 is 0 Å². The highest BCUT2D eigenvalue weighted by molar-refractivity contribution is 5.04. The Morgan fingerprint density at radius 1 is 1.39 bits per heavy atom. The van der Waals surface area contributed by atoms with Crippen molar-refractivity contribution in [2.45, 2.75) is 50.7 Å². The average Bonchev–Trinajstić information content (AvgIpc) is 3.13. The fourth-order valence-corrected chi connectivity index (χ4v) is 2.82. The fraction of sp³-hybridized carbons (Fsp3) is 0.786. The predicted octanol–water partition coefficient (Wildman–Crippen LogP) is 1.79. The number of hydrogen-bond donors (Lipinski definition) is 1. The van der Waals surface area contributed by atoms with Gasteiger partial charge in [-0.1, -0.05) is 0 Å². The van der Waals surface area contributed by atoms with Crippen LogP contribution in [-0.2, 0) is 6.54 Å². The molecular formula is C14H24N4. The van der Waals surface area contributed by atoms with Gasteiger partial charge in [0.15, 0.2) is 0 Å². The number of rotatable bonds is 4. The molecule has 0 aromatic carbocycles. The number of nitrogens with one attached hydrogen (secondary N) is 1. The van der Waals surface area contributed by atoms with Gasteiger partial charge in [-0.15, -0.1) is 0 Å². The lowest BCUT2D eigenvalue weighted by Gasteiger charge is -2.39. The van der Waals surface area contributed by atoms with Crippen LogP contribution < -0.4 is 5.32 Å². The average molecular weight is 248 g/mol. The second kappa shape index (κ2) is 4.67. The lowest BCUT2D eigenvalue weighted by molar-refractivity contribution is 0.143. The molecule has 0 atom stereocenters. The fourth-order valence-electron chi connectivity index (χ4n) is 2.82. The molecule has 1 aromatic rings. The Hall–Kier alpha value is -0.870. The number of piperidine rings is 1. The summed E-state index contributed by atoms with van der Waals surface area (Å²) in [6.07, 6.45) is 9.20. The Morgan fingerprint density at radius 2 is 2.11 bits per heavy atom. The van der Waals surface area contributed by atoms with E-state index in [-0.39, 0.29) is 0 Å². The van der Waals surface area contributed by atoms with E-state index in [1.165, 1.54) is 44.5 Å². The number of likely N-dealkylation sites (tertiary alicyclic amines) is 1. The van der Waals surface area contributed by atoms with E-state index in [2.05, 4.69) is 33.7 Å². The van der Waals surface area contributed by atoms with Gasteiger partial charge in [0.25, 0.3) is 0 Å². The van der Waals surface area contributed by atoms with Crippen LogP contribution >= 0.6 is 0 Å². The first-order valence-corrected chi connectivity index (χ1v) is 7.12. The Kier molecular flexibility index (Phi) is 3.16. The summed E-state index contributed by atoms with van der Waals surface area (Å²) >= 11 is 0. The molecule has 2 heterocycles. The lowest BCUT2D eigenvalue weighted by atomic mass is 9.90. The monoisotopic (exact) mass is 248 g/mol. The number of nitrogens with zero attached hydrogens (tertiary/aromatic N) is 3. The Balaban J connectivity index is 1.59. The van der Waals surface area contributed by atoms with Crippen molar-refractivity contribution in [3.8, 4) is 0 Å². The molecule has 0 amide bonds. The molecule has 18 heavy (non-hydrogen) atoms. The van der Waals surface area contributed by atoms with E-state index in [0.29, 0.717) is 5.54 Å². The Bertz CT molecular complexity index is 400. The summed E-state index contributed by atoms with van der Waals surface area (Å²) in [6, 6.07) is 0.745. The first-order chi connectivity index (χ1) is 8.70. The van der Waals surface area contributed by atoms with Crippen LogP contribution in [0.1, 0.15) is 44.3 Å². The Labute approximate surface area is 109 Å². The predicted molar refractivity (Wildman–Crippen MR) is 72.5 cm³/mol. The maximum absolute atomic E-state index is 4.32. The molecule has 2 aliphatic rings. The first kappa shape index (κ1) is 12.2. The molecule has 1 aliphatic carbocycles. The summed E-state index contributed by atoms with van der Waals surface area (Å²) < 4.78 is 2.38. The first-order valence-electron chi connectivity index (χ1n) is 7.12. The summed E-state index contributed by atoms with van der Waals surface area (Å²) in [5.41, 5.74) is 1.73. The number of hydrogen-bond acceptors (Lipinski definition) is 3. The third kappa shape index (κ3) is 2.45. The minimum absolute atomic E-state index is 0.341. The molecule has 0 bridgehead atoms. The molecule has 0 unspecified atom stereocenters. The van der Waals surface area contributed by atoms with Crippen molar-refractivity contribution in [2.24, 2.45) is 0 Å². The lowest BCUT2D eigenvalue weighted by Crippen LogP contribution is -2.49. The minimum Gasteiger partial charge on any atom is -0.330 e. The van der Waals surface area contributed by atoms with Crippen molar-refractivity contribution in [1.29, 1.82) is 0 Å². The van der Waals surface area contributed by atoms with Gasteiger partial charge in [0.2, 0.25) is 0 Å². The molecule has 4 nitrogen and oxygen atoms in total. The van der Waals surface area contributed by atoms with Gasteiger partial charge in [0.05, 0.1) is 12.0 Å². The zero-order valence-corrected chi connectivity index (χ0v) is 11.5. The topological polar surface area (TPSA) is 33.1 Å². The SMILES string of the molecule is CNC1(C)CCN(Cc2cncn2C2CC2)CC1. The van der Waals surface area contributed by atoms with Crippen molar-refractivity contribution >= 4 is 0 Å². The quantitative estimate of drug-likeness (QED) is 0.882. The number of imidazole rings is 1. The van der Waals surface area contributed by atoms with E-state index in [0.717, 1.165) is 12.6 Å². The van der Waals surface area contributed by atoms with Crippen molar-refractivity contribution in [3.05, 3.63) is 18.2 Å². The summed E-state index contributed by atoms with van der Waals surface area (Å²) in [4.78, 5) is 6.88. The van der Waals surface area contributed by atoms with Crippen molar-refractivity contribution in [3.63, 3.8) is 0 Å². The second-order valence-electron chi connectivity index (χ2n) is 6.11. The van der Waals surface area contributed by atoms with Crippen LogP contribution in [0.4, 0.5) is 0 Å². The summed E-state index contributed by atoms with van der Waals surface area (Å²) in [7, 11) is 2.08. The molecule has 0 spiro atoms. The minimum atomic E-state index is 0.341. The van der Waals surface area contributed by atoms with E-state index in [1.54, 1.807) is 0 Å². The summed E-state index contributed by atoms with van der Waals surface area (Å²) in [5.74, 6) is 0.